The van der Waals surface area contributed by atoms with Gasteiger partial charge in [0.1, 0.15) is 5.76 Å². The van der Waals surface area contributed by atoms with E-state index < -0.39 is 0 Å². The molecule has 2 rings (SSSR count). The van der Waals surface area contributed by atoms with E-state index in [1.807, 2.05) is 12.1 Å². The first-order valence-electron chi connectivity index (χ1n) is 5.97. The van der Waals surface area contributed by atoms with Gasteiger partial charge in [-0.15, -0.1) is 0 Å². The summed E-state index contributed by atoms with van der Waals surface area (Å²) in [4.78, 5) is 0. The van der Waals surface area contributed by atoms with Gasteiger partial charge in [-0.1, -0.05) is 19.3 Å². The van der Waals surface area contributed by atoms with Gasteiger partial charge in [-0.3, -0.25) is 5.43 Å². The standard InChI is InChI=1S/C12H17N3OS/c17-12(14-10-5-2-1-3-6-10)15-13-9-11-7-4-8-16-11/h4,7-10H,1-3,5-6H2,(H2,14,15,17)/b13-9-. The Labute approximate surface area is 106 Å². The molecule has 1 aromatic heterocycles. The Kier molecular flexibility index (Phi) is 4.55. The molecule has 1 heterocycles. The maximum absolute atomic E-state index is 5.16. The van der Waals surface area contributed by atoms with Crippen LogP contribution in [0.25, 0.3) is 0 Å². The third-order valence-corrected chi connectivity index (χ3v) is 3.05. The van der Waals surface area contributed by atoms with Crippen molar-refractivity contribution in [3.8, 4) is 0 Å². The van der Waals surface area contributed by atoms with Crippen LogP contribution in [0.3, 0.4) is 0 Å². The topological polar surface area (TPSA) is 49.6 Å². The zero-order valence-electron chi connectivity index (χ0n) is 9.69. The molecule has 0 atom stereocenters. The van der Waals surface area contributed by atoms with Gasteiger partial charge in [0.25, 0.3) is 0 Å². The van der Waals surface area contributed by atoms with Crippen molar-refractivity contribution in [1.29, 1.82) is 0 Å². The van der Waals surface area contributed by atoms with Crippen LogP contribution in [-0.2, 0) is 0 Å². The number of nitrogens with zero attached hydrogens (tertiary/aromatic N) is 1. The van der Waals surface area contributed by atoms with Gasteiger partial charge in [0.15, 0.2) is 5.11 Å². The fourth-order valence-corrected chi connectivity index (χ4v) is 2.20. The second kappa shape index (κ2) is 6.39. The minimum absolute atomic E-state index is 0.502. The predicted octanol–water partition coefficient (Wildman–Crippen LogP) is 2.41. The summed E-state index contributed by atoms with van der Waals surface area (Å²) < 4.78 is 5.11. The van der Waals surface area contributed by atoms with Gasteiger partial charge < -0.3 is 9.73 Å². The van der Waals surface area contributed by atoms with Crippen molar-refractivity contribution in [2.75, 3.05) is 0 Å². The third-order valence-electron chi connectivity index (χ3n) is 2.84. The highest BCUT2D eigenvalue weighted by Gasteiger charge is 2.13. The summed E-state index contributed by atoms with van der Waals surface area (Å²) in [6.07, 6.45) is 9.53. The molecule has 0 aromatic carbocycles. The van der Waals surface area contributed by atoms with Gasteiger partial charge in [0.05, 0.1) is 12.5 Å². The minimum atomic E-state index is 0.502. The molecule has 1 fully saturated rings. The zero-order chi connectivity index (χ0) is 11.9. The van der Waals surface area contributed by atoms with E-state index >= 15 is 0 Å². The Bertz CT molecular complexity index is 369. The van der Waals surface area contributed by atoms with E-state index in [-0.39, 0.29) is 0 Å². The number of hydrazone groups is 1. The summed E-state index contributed by atoms with van der Waals surface area (Å²) >= 11 is 5.16. The molecule has 2 N–H and O–H groups in total. The van der Waals surface area contributed by atoms with Crippen molar-refractivity contribution >= 4 is 23.5 Å². The number of hydrogen-bond donors (Lipinski definition) is 2. The minimum Gasteiger partial charge on any atom is -0.463 e. The monoisotopic (exact) mass is 251 g/mol. The summed E-state index contributed by atoms with van der Waals surface area (Å²) in [5.74, 6) is 0.706. The Morgan fingerprint density at radius 1 is 1.41 bits per heavy atom. The SMILES string of the molecule is S=C(N/N=C\c1ccco1)NC1CCCCC1. The van der Waals surface area contributed by atoms with E-state index in [0.717, 1.165) is 0 Å². The van der Waals surface area contributed by atoms with Crippen LogP contribution in [0.1, 0.15) is 37.9 Å². The van der Waals surface area contributed by atoms with Crippen molar-refractivity contribution in [3.63, 3.8) is 0 Å². The lowest BCUT2D eigenvalue weighted by Gasteiger charge is -2.23. The van der Waals surface area contributed by atoms with Gasteiger partial charge in [-0.25, -0.2) is 0 Å². The summed E-state index contributed by atoms with van der Waals surface area (Å²) in [7, 11) is 0. The number of hydrogen-bond acceptors (Lipinski definition) is 3. The van der Waals surface area contributed by atoms with E-state index in [1.54, 1.807) is 12.5 Å². The van der Waals surface area contributed by atoms with E-state index in [0.29, 0.717) is 16.9 Å². The molecule has 17 heavy (non-hydrogen) atoms. The molecular weight excluding hydrogens is 234 g/mol. The fraction of sp³-hybridized carbons (Fsp3) is 0.500. The summed E-state index contributed by atoms with van der Waals surface area (Å²) in [5, 5.41) is 7.86. The number of rotatable bonds is 3. The molecule has 0 spiro atoms. The second-order valence-electron chi connectivity index (χ2n) is 4.19. The summed E-state index contributed by atoms with van der Waals surface area (Å²) in [6, 6.07) is 4.16. The highest BCUT2D eigenvalue weighted by molar-refractivity contribution is 7.80. The lowest BCUT2D eigenvalue weighted by Crippen LogP contribution is -2.40. The van der Waals surface area contributed by atoms with Gasteiger partial charge >= 0.3 is 0 Å². The lowest BCUT2D eigenvalue weighted by atomic mass is 9.96. The lowest BCUT2D eigenvalue weighted by molar-refractivity contribution is 0.412. The first-order valence-corrected chi connectivity index (χ1v) is 6.38. The predicted molar refractivity (Wildman–Crippen MR) is 72.0 cm³/mol. The molecule has 0 bridgehead atoms. The molecule has 1 aliphatic carbocycles. The first-order chi connectivity index (χ1) is 8.34. The average Bonchev–Trinajstić information content (AvgIpc) is 2.83. The van der Waals surface area contributed by atoms with Gasteiger partial charge in [0.2, 0.25) is 0 Å². The molecule has 0 amide bonds. The first kappa shape index (κ1) is 12.1. The molecule has 0 aliphatic heterocycles. The van der Waals surface area contributed by atoms with Gasteiger partial charge in [-0.2, -0.15) is 5.10 Å². The number of nitrogens with one attached hydrogen (secondary N) is 2. The molecule has 0 saturated heterocycles. The van der Waals surface area contributed by atoms with Crippen LogP contribution < -0.4 is 10.7 Å². The molecule has 92 valence electrons. The van der Waals surface area contributed by atoms with Crippen LogP contribution in [-0.4, -0.2) is 17.4 Å². The summed E-state index contributed by atoms with van der Waals surface area (Å²) in [5.41, 5.74) is 2.80. The average molecular weight is 251 g/mol. The highest BCUT2D eigenvalue weighted by atomic mass is 32.1. The van der Waals surface area contributed by atoms with Crippen molar-refractivity contribution in [2.45, 2.75) is 38.1 Å². The quantitative estimate of drug-likeness (QED) is 0.492. The van der Waals surface area contributed by atoms with Crippen molar-refractivity contribution in [3.05, 3.63) is 24.2 Å². The van der Waals surface area contributed by atoms with Gasteiger partial charge in [0, 0.05) is 6.04 Å². The second-order valence-corrected chi connectivity index (χ2v) is 4.60. The van der Waals surface area contributed by atoms with E-state index in [1.165, 1.54) is 32.1 Å². The Balaban J connectivity index is 1.70. The van der Waals surface area contributed by atoms with E-state index in [4.69, 9.17) is 16.6 Å². The molecule has 0 unspecified atom stereocenters. The highest BCUT2D eigenvalue weighted by Crippen LogP contribution is 2.17. The molecule has 5 heteroatoms. The largest absolute Gasteiger partial charge is 0.463 e. The Morgan fingerprint density at radius 3 is 2.94 bits per heavy atom. The smallest absolute Gasteiger partial charge is 0.187 e. The van der Waals surface area contributed by atoms with Crippen molar-refractivity contribution < 1.29 is 4.42 Å². The third kappa shape index (κ3) is 4.19. The van der Waals surface area contributed by atoms with Crippen LogP contribution in [0.5, 0.6) is 0 Å². The number of thiocarbonyl (C=S) groups is 1. The number of furan rings is 1. The molecule has 4 nitrogen and oxygen atoms in total. The van der Waals surface area contributed by atoms with Crippen LogP contribution in [0, 0.1) is 0 Å². The van der Waals surface area contributed by atoms with Crippen LogP contribution >= 0.6 is 12.2 Å². The van der Waals surface area contributed by atoms with Crippen molar-refractivity contribution in [2.24, 2.45) is 5.10 Å². The van der Waals surface area contributed by atoms with E-state index in [9.17, 15) is 0 Å². The molecule has 1 aliphatic rings. The molecular formula is C12H17N3OS. The van der Waals surface area contributed by atoms with Gasteiger partial charge in [-0.05, 0) is 37.2 Å². The molecule has 1 saturated carbocycles. The van der Waals surface area contributed by atoms with Crippen LogP contribution in [0.4, 0.5) is 0 Å². The fourth-order valence-electron chi connectivity index (χ4n) is 1.98. The normalized spacial score (nSPS) is 17.2. The summed E-state index contributed by atoms with van der Waals surface area (Å²) in [6.45, 7) is 0. The van der Waals surface area contributed by atoms with Crippen molar-refractivity contribution in [1.82, 2.24) is 10.7 Å². The van der Waals surface area contributed by atoms with Crippen LogP contribution in [0.2, 0.25) is 0 Å². The maximum Gasteiger partial charge on any atom is 0.187 e. The Morgan fingerprint density at radius 2 is 2.24 bits per heavy atom. The zero-order valence-corrected chi connectivity index (χ0v) is 10.5. The van der Waals surface area contributed by atoms with Crippen LogP contribution in [0.15, 0.2) is 27.9 Å². The molecule has 1 aromatic rings. The van der Waals surface area contributed by atoms with E-state index in [2.05, 4.69) is 15.8 Å². The Hall–Kier alpha value is -1.36. The maximum atomic E-state index is 5.16. The molecule has 0 radical (unpaired) electrons.